The van der Waals surface area contributed by atoms with Crippen molar-refractivity contribution in [2.75, 3.05) is 0 Å². The van der Waals surface area contributed by atoms with E-state index in [-0.39, 0.29) is 5.91 Å². The molecule has 1 N–H and O–H groups in total. The Bertz CT molecular complexity index is 650. The Morgan fingerprint density at radius 2 is 2.00 bits per heavy atom. The number of benzene rings is 1. The lowest BCUT2D eigenvalue weighted by Gasteiger charge is -2.24. The standard InChI is InChI=1S/C16H18N4O/c1-3-16(4-2,12-17)19-15(21)13-10-18-20(11-13)14-8-6-5-7-9-14/h5-11H,3-4H2,1-2H3,(H,19,21). The van der Waals surface area contributed by atoms with Crippen LogP contribution < -0.4 is 5.32 Å². The van der Waals surface area contributed by atoms with Crippen LogP contribution in [-0.2, 0) is 0 Å². The first-order valence-electron chi connectivity index (χ1n) is 6.98. The van der Waals surface area contributed by atoms with Gasteiger partial charge in [0.05, 0.1) is 23.5 Å². The lowest BCUT2D eigenvalue weighted by atomic mass is 9.94. The van der Waals surface area contributed by atoms with Gasteiger partial charge in [-0.25, -0.2) is 4.68 Å². The minimum Gasteiger partial charge on any atom is -0.334 e. The van der Waals surface area contributed by atoms with E-state index in [4.69, 9.17) is 0 Å². The summed E-state index contributed by atoms with van der Waals surface area (Å²) in [5.74, 6) is -0.276. The van der Waals surface area contributed by atoms with E-state index in [1.807, 2.05) is 44.2 Å². The highest BCUT2D eigenvalue weighted by atomic mass is 16.1. The summed E-state index contributed by atoms with van der Waals surface area (Å²) in [6, 6.07) is 11.8. The Hall–Kier alpha value is -2.61. The number of hydrogen-bond donors (Lipinski definition) is 1. The molecule has 1 aromatic carbocycles. The maximum atomic E-state index is 12.3. The number of nitriles is 1. The summed E-state index contributed by atoms with van der Waals surface area (Å²) >= 11 is 0. The Morgan fingerprint density at radius 1 is 1.33 bits per heavy atom. The largest absolute Gasteiger partial charge is 0.334 e. The van der Waals surface area contributed by atoms with Crippen LogP contribution in [0.3, 0.4) is 0 Å². The average molecular weight is 282 g/mol. The van der Waals surface area contributed by atoms with Crippen molar-refractivity contribution in [2.45, 2.75) is 32.2 Å². The smallest absolute Gasteiger partial charge is 0.255 e. The van der Waals surface area contributed by atoms with Gasteiger partial charge in [0.15, 0.2) is 0 Å². The molecule has 2 aromatic rings. The molecule has 0 saturated carbocycles. The minimum atomic E-state index is -0.814. The van der Waals surface area contributed by atoms with Crippen LogP contribution in [0.2, 0.25) is 0 Å². The normalized spacial score (nSPS) is 10.9. The Morgan fingerprint density at radius 3 is 2.57 bits per heavy atom. The summed E-state index contributed by atoms with van der Waals surface area (Å²) in [6.45, 7) is 3.78. The molecule has 0 fully saturated rings. The second kappa shape index (κ2) is 6.23. The zero-order chi connectivity index (χ0) is 15.3. The van der Waals surface area contributed by atoms with Crippen LogP contribution >= 0.6 is 0 Å². The highest BCUT2D eigenvalue weighted by molar-refractivity contribution is 5.94. The Balaban J connectivity index is 2.19. The topological polar surface area (TPSA) is 70.7 Å². The third-order valence-corrected chi connectivity index (χ3v) is 3.64. The van der Waals surface area contributed by atoms with Gasteiger partial charge in [-0.2, -0.15) is 10.4 Å². The van der Waals surface area contributed by atoms with E-state index in [0.717, 1.165) is 5.69 Å². The molecule has 1 amide bonds. The van der Waals surface area contributed by atoms with E-state index >= 15 is 0 Å². The van der Waals surface area contributed by atoms with Crippen LogP contribution in [0.15, 0.2) is 42.7 Å². The Kier molecular flexibility index (Phi) is 4.39. The monoisotopic (exact) mass is 282 g/mol. The van der Waals surface area contributed by atoms with Crippen molar-refractivity contribution in [1.82, 2.24) is 15.1 Å². The molecule has 0 radical (unpaired) electrons. The molecule has 0 aliphatic heterocycles. The van der Waals surface area contributed by atoms with Crippen LogP contribution in [0.1, 0.15) is 37.0 Å². The predicted molar refractivity (Wildman–Crippen MR) is 80.0 cm³/mol. The third-order valence-electron chi connectivity index (χ3n) is 3.64. The molecule has 0 aliphatic carbocycles. The molecule has 0 unspecified atom stereocenters. The second-order valence-electron chi connectivity index (χ2n) is 4.86. The van der Waals surface area contributed by atoms with Crippen molar-refractivity contribution in [3.8, 4) is 11.8 Å². The molecule has 1 heterocycles. The maximum absolute atomic E-state index is 12.3. The van der Waals surface area contributed by atoms with E-state index in [1.54, 1.807) is 10.9 Å². The molecule has 2 rings (SSSR count). The number of nitrogens with one attached hydrogen (secondary N) is 1. The number of carbonyl (C=O) groups excluding carboxylic acids is 1. The molecule has 5 heteroatoms. The lowest BCUT2D eigenvalue weighted by Crippen LogP contribution is -2.46. The van der Waals surface area contributed by atoms with Crippen LogP contribution in [0, 0.1) is 11.3 Å². The van der Waals surface area contributed by atoms with Crippen molar-refractivity contribution in [3.63, 3.8) is 0 Å². The molecule has 0 bridgehead atoms. The van der Waals surface area contributed by atoms with Gasteiger partial charge in [0.2, 0.25) is 0 Å². The van der Waals surface area contributed by atoms with Gasteiger partial charge in [-0.05, 0) is 25.0 Å². The van der Waals surface area contributed by atoms with E-state index in [0.29, 0.717) is 18.4 Å². The van der Waals surface area contributed by atoms with Crippen LogP contribution in [0.5, 0.6) is 0 Å². The van der Waals surface area contributed by atoms with E-state index < -0.39 is 5.54 Å². The molecule has 0 aliphatic rings. The molecule has 1 aromatic heterocycles. The van der Waals surface area contributed by atoms with Crippen LogP contribution in [-0.4, -0.2) is 21.2 Å². The van der Waals surface area contributed by atoms with E-state index in [9.17, 15) is 10.1 Å². The number of hydrogen-bond acceptors (Lipinski definition) is 3. The van der Waals surface area contributed by atoms with Gasteiger partial charge in [0, 0.05) is 6.20 Å². The Labute approximate surface area is 124 Å². The highest BCUT2D eigenvalue weighted by Crippen LogP contribution is 2.15. The van der Waals surface area contributed by atoms with E-state index in [2.05, 4.69) is 16.5 Å². The number of carbonyl (C=O) groups is 1. The summed E-state index contributed by atoms with van der Waals surface area (Å²) in [5.41, 5.74) is 0.515. The third kappa shape index (κ3) is 3.11. The number of para-hydroxylation sites is 1. The number of rotatable bonds is 5. The van der Waals surface area contributed by atoms with E-state index in [1.165, 1.54) is 6.20 Å². The van der Waals surface area contributed by atoms with Crippen molar-refractivity contribution >= 4 is 5.91 Å². The van der Waals surface area contributed by atoms with Crippen LogP contribution in [0.25, 0.3) is 5.69 Å². The zero-order valence-electron chi connectivity index (χ0n) is 12.2. The first-order valence-corrected chi connectivity index (χ1v) is 6.98. The summed E-state index contributed by atoms with van der Waals surface area (Å²) in [5, 5.41) is 16.3. The molecule has 0 saturated heterocycles. The fourth-order valence-corrected chi connectivity index (χ4v) is 2.06. The summed E-state index contributed by atoms with van der Waals surface area (Å²) in [7, 11) is 0. The first kappa shape index (κ1) is 14.8. The zero-order valence-corrected chi connectivity index (χ0v) is 12.2. The van der Waals surface area contributed by atoms with Crippen molar-refractivity contribution < 1.29 is 4.79 Å². The van der Waals surface area contributed by atoms with Gasteiger partial charge in [-0.1, -0.05) is 32.0 Å². The van der Waals surface area contributed by atoms with Gasteiger partial charge in [-0.3, -0.25) is 4.79 Å². The highest BCUT2D eigenvalue weighted by Gasteiger charge is 2.28. The van der Waals surface area contributed by atoms with Gasteiger partial charge < -0.3 is 5.32 Å². The molecule has 108 valence electrons. The maximum Gasteiger partial charge on any atom is 0.255 e. The van der Waals surface area contributed by atoms with Crippen molar-refractivity contribution in [1.29, 1.82) is 5.26 Å². The van der Waals surface area contributed by atoms with Gasteiger partial charge in [0.1, 0.15) is 5.54 Å². The average Bonchev–Trinajstić information content (AvgIpc) is 3.04. The SMILES string of the molecule is CCC(C#N)(CC)NC(=O)c1cnn(-c2ccccc2)c1. The summed E-state index contributed by atoms with van der Waals surface area (Å²) in [6.07, 6.45) is 4.31. The van der Waals surface area contributed by atoms with Gasteiger partial charge in [0.25, 0.3) is 5.91 Å². The second-order valence-corrected chi connectivity index (χ2v) is 4.86. The molecule has 5 nitrogen and oxygen atoms in total. The van der Waals surface area contributed by atoms with Crippen LogP contribution in [0.4, 0.5) is 0 Å². The number of amides is 1. The minimum absolute atomic E-state index is 0.276. The summed E-state index contributed by atoms with van der Waals surface area (Å²) < 4.78 is 1.64. The molecule has 0 atom stereocenters. The van der Waals surface area contributed by atoms with Gasteiger partial charge >= 0.3 is 0 Å². The molecular weight excluding hydrogens is 264 g/mol. The van der Waals surface area contributed by atoms with Crippen molar-refractivity contribution in [3.05, 3.63) is 48.3 Å². The first-order chi connectivity index (χ1) is 10.1. The predicted octanol–water partition coefficient (Wildman–Crippen LogP) is 2.68. The molecule has 0 spiro atoms. The van der Waals surface area contributed by atoms with Gasteiger partial charge in [-0.15, -0.1) is 0 Å². The quantitative estimate of drug-likeness (QED) is 0.916. The summed E-state index contributed by atoms with van der Waals surface area (Å²) in [4.78, 5) is 12.3. The molecular formula is C16H18N4O. The fraction of sp³-hybridized carbons (Fsp3) is 0.312. The molecule has 21 heavy (non-hydrogen) atoms. The number of aromatic nitrogens is 2. The number of nitrogens with zero attached hydrogens (tertiary/aromatic N) is 3. The van der Waals surface area contributed by atoms with Crippen molar-refractivity contribution in [2.24, 2.45) is 0 Å². The fourth-order valence-electron chi connectivity index (χ4n) is 2.06. The lowest BCUT2D eigenvalue weighted by molar-refractivity contribution is 0.0915.